The number of thioether (sulfide) groups is 1. The molecule has 1 aliphatic rings. The van der Waals surface area contributed by atoms with Gasteiger partial charge in [0.2, 0.25) is 5.91 Å². The van der Waals surface area contributed by atoms with Crippen LogP contribution in [-0.2, 0) is 4.79 Å². The molecule has 1 aromatic carbocycles. The molecule has 0 spiro atoms. The van der Waals surface area contributed by atoms with Crippen LogP contribution in [0.1, 0.15) is 0 Å². The van der Waals surface area contributed by atoms with Crippen LogP contribution in [0.3, 0.4) is 0 Å². The number of amides is 1. The van der Waals surface area contributed by atoms with E-state index in [0.717, 1.165) is 31.1 Å². The van der Waals surface area contributed by atoms with E-state index in [1.807, 2.05) is 23.1 Å². The maximum atomic E-state index is 12.0. The summed E-state index contributed by atoms with van der Waals surface area (Å²) in [5.41, 5.74) is 0. The number of hydrogen-bond donors (Lipinski definition) is 1. The molecule has 19 heavy (non-hydrogen) atoms. The van der Waals surface area contributed by atoms with Crippen molar-refractivity contribution in [3.05, 3.63) is 23.2 Å². The third-order valence-corrected chi connectivity index (χ3v) is 4.23. The summed E-state index contributed by atoms with van der Waals surface area (Å²) in [7, 11) is 1.59. The molecule has 1 heterocycles. The Hall–Kier alpha value is -0.910. The van der Waals surface area contributed by atoms with Crippen molar-refractivity contribution in [1.82, 2.24) is 10.2 Å². The van der Waals surface area contributed by atoms with Gasteiger partial charge in [-0.3, -0.25) is 4.79 Å². The Morgan fingerprint density at radius 1 is 1.47 bits per heavy atom. The molecule has 0 aromatic heterocycles. The molecule has 1 aliphatic heterocycles. The molecule has 6 heteroatoms. The van der Waals surface area contributed by atoms with Gasteiger partial charge in [0.25, 0.3) is 0 Å². The van der Waals surface area contributed by atoms with Gasteiger partial charge in [-0.05, 0) is 18.2 Å². The van der Waals surface area contributed by atoms with Crippen LogP contribution < -0.4 is 10.1 Å². The number of rotatable bonds is 4. The number of halogens is 1. The molecule has 1 N–H and O–H groups in total. The van der Waals surface area contributed by atoms with Crippen molar-refractivity contribution in [3.8, 4) is 5.75 Å². The van der Waals surface area contributed by atoms with Gasteiger partial charge < -0.3 is 15.0 Å². The van der Waals surface area contributed by atoms with Crippen molar-refractivity contribution in [2.75, 3.05) is 39.0 Å². The molecule has 1 saturated heterocycles. The van der Waals surface area contributed by atoms with Gasteiger partial charge in [0.1, 0.15) is 5.75 Å². The zero-order valence-corrected chi connectivity index (χ0v) is 12.4. The first-order valence-corrected chi connectivity index (χ1v) is 7.52. The van der Waals surface area contributed by atoms with E-state index in [0.29, 0.717) is 16.5 Å². The Labute approximate surface area is 122 Å². The van der Waals surface area contributed by atoms with Crippen LogP contribution >= 0.6 is 23.4 Å². The Bertz CT molecular complexity index is 450. The molecule has 1 aromatic rings. The van der Waals surface area contributed by atoms with E-state index in [9.17, 15) is 4.79 Å². The second kappa shape index (κ2) is 7.03. The molecule has 0 unspecified atom stereocenters. The summed E-state index contributed by atoms with van der Waals surface area (Å²) in [5.74, 6) is 1.28. The zero-order chi connectivity index (χ0) is 13.7. The van der Waals surface area contributed by atoms with Crippen LogP contribution in [0.2, 0.25) is 5.02 Å². The fourth-order valence-corrected chi connectivity index (χ4v) is 3.05. The molecule has 0 atom stereocenters. The Kier molecular flexibility index (Phi) is 5.36. The summed E-state index contributed by atoms with van der Waals surface area (Å²) in [6.45, 7) is 3.35. The normalized spacial score (nSPS) is 15.4. The second-order valence-corrected chi connectivity index (χ2v) is 5.67. The number of piperazine rings is 1. The molecule has 0 bridgehead atoms. The molecule has 1 fully saturated rings. The molecule has 104 valence electrons. The number of ether oxygens (including phenoxy) is 1. The first-order valence-electron chi connectivity index (χ1n) is 6.15. The van der Waals surface area contributed by atoms with Crippen molar-refractivity contribution >= 4 is 29.3 Å². The van der Waals surface area contributed by atoms with Crippen LogP contribution in [0.25, 0.3) is 0 Å². The summed E-state index contributed by atoms with van der Waals surface area (Å²) < 4.78 is 5.10. The van der Waals surface area contributed by atoms with Crippen molar-refractivity contribution < 1.29 is 9.53 Å². The van der Waals surface area contributed by atoms with E-state index in [1.54, 1.807) is 7.11 Å². The van der Waals surface area contributed by atoms with Crippen molar-refractivity contribution in [2.24, 2.45) is 0 Å². The standard InChI is InChI=1S/C13H17ClN2O2S/c1-18-12-3-2-10(8-11(12)14)19-9-13(17)16-6-4-15-5-7-16/h2-3,8,15H,4-7,9H2,1H3. The van der Waals surface area contributed by atoms with Gasteiger partial charge in [0, 0.05) is 31.1 Å². The quantitative estimate of drug-likeness (QED) is 0.862. The lowest BCUT2D eigenvalue weighted by molar-refractivity contribution is -0.128. The van der Waals surface area contributed by atoms with Crippen molar-refractivity contribution in [3.63, 3.8) is 0 Å². The van der Waals surface area contributed by atoms with Gasteiger partial charge in [-0.2, -0.15) is 0 Å². The first-order chi connectivity index (χ1) is 9.20. The molecule has 2 rings (SSSR count). The lowest BCUT2D eigenvalue weighted by Crippen LogP contribution is -2.47. The molecular weight excluding hydrogens is 284 g/mol. The van der Waals surface area contributed by atoms with E-state index < -0.39 is 0 Å². The summed E-state index contributed by atoms with van der Waals surface area (Å²) in [6.07, 6.45) is 0. The van der Waals surface area contributed by atoms with Gasteiger partial charge in [-0.1, -0.05) is 11.6 Å². The maximum Gasteiger partial charge on any atom is 0.233 e. The highest BCUT2D eigenvalue weighted by Crippen LogP contribution is 2.29. The van der Waals surface area contributed by atoms with E-state index in [2.05, 4.69) is 5.32 Å². The molecular formula is C13H17ClN2O2S. The van der Waals surface area contributed by atoms with Crippen LogP contribution in [0.5, 0.6) is 5.75 Å². The minimum atomic E-state index is 0.179. The van der Waals surface area contributed by atoms with E-state index in [-0.39, 0.29) is 5.91 Å². The SMILES string of the molecule is COc1ccc(SCC(=O)N2CCNCC2)cc1Cl. The summed E-state index contributed by atoms with van der Waals surface area (Å²) in [5, 5.41) is 3.80. The third-order valence-electron chi connectivity index (χ3n) is 2.96. The Morgan fingerprint density at radius 2 is 2.21 bits per heavy atom. The Morgan fingerprint density at radius 3 is 2.84 bits per heavy atom. The van der Waals surface area contributed by atoms with Crippen molar-refractivity contribution in [2.45, 2.75) is 4.90 Å². The average molecular weight is 301 g/mol. The lowest BCUT2D eigenvalue weighted by atomic mass is 10.3. The monoisotopic (exact) mass is 300 g/mol. The van der Waals surface area contributed by atoms with Gasteiger partial charge in [0.15, 0.2) is 0 Å². The summed E-state index contributed by atoms with van der Waals surface area (Å²) in [4.78, 5) is 14.9. The number of methoxy groups -OCH3 is 1. The fourth-order valence-electron chi connectivity index (χ4n) is 1.89. The van der Waals surface area contributed by atoms with E-state index in [1.165, 1.54) is 11.8 Å². The average Bonchev–Trinajstić information content (AvgIpc) is 2.46. The molecule has 0 saturated carbocycles. The van der Waals surface area contributed by atoms with Gasteiger partial charge >= 0.3 is 0 Å². The number of nitrogens with one attached hydrogen (secondary N) is 1. The van der Waals surface area contributed by atoms with Gasteiger partial charge in [0.05, 0.1) is 17.9 Å². The maximum absolute atomic E-state index is 12.0. The van der Waals surface area contributed by atoms with Crippen LogP contribution in [0.4, 0.5) is 0 Å². The number of carbonyl (C=O) groups excluding carboxylic acids is 1. The topological polar surface area (TPSA) is 41.6 Å². The van der Waals surface area contributed by atoms with Gasteiger partial charge in [-0.25, -0.2) is 0 Å². The molecule has 0 aliphatic carbocycles. The summed E-state index contributed by atoms with van der Waals surface area (Å²) >= 11 is 7.56. The number of nitrogens with zero attached hydrogens (tertiary/aromatic N) is 1. The lowest BCUT2D eigenvalue weighted by Gasteiger charge is -2.27. The molecule has 0 radical (unpaired) electrons. The first kappa shape index (κ1) is 14.5. The minimum absolute atomic E-state index is 0.179. The van der Waals surface area contributed by atoms with E-state index in [4.69, 9.17) is 16.3 Å². The highest BCUT2D eigenvalue weighted by atomic mass is 35.5. The largest absolute Gasteiger partial charge is 0.495 e. The van der Waals surface area contributed by atoms with Gasteiger partial charge in [-0.15, -0.1) is 11.8 Å². The predicted octanol–water partition coefficient (Wildman–Crippen LogP) is 1.87. The Balaban J connectivity index is 1.87. The number of hydrogen-bond acceptors (Lipinski definition) is 4. The second-order valence-electron chi connectivity index (χ2n) is 4.22. The fraction of sp³-hybridized carbons (Fsp3) is 0.462. The smallest absolute Gasteiger partial charge is 0.233 e. The van der Waals surface area contributed by atoms with Crippen LogP contribution in [-0.4, -0.2) is 49.8 Å². The molecule has 1 amide bonds. The summed E-state index contributed by atoms with van der Waals surface area (Å²) in [6, 6.07) is 5.57. The highest BCUT2D eigenvalue weighted by molar-refractivity contribution is 8.00. The third kappa shape index (κ3) is 4.03. The molecule has 4 nitrogen and oxygen atoms in total. The predicted molar refractivity (Wildman–Crippen MR) is 78.2 cm³/mol. The number of benzene rings is 1. The minimum Gasteiger partial charge on any atom is -0.495 e. The van der Waals surface area contributed by atoms with Crippen LogP contribution in [0, 0.1) is 0 Å². The number of carbonyl (C=O) groups is 1. The highest BCUT2D eigenvalue weighted by Gasteiger charge is 2.16. The van der Waals surface area contributed by atoms with Crippen LogP contribution in [0.15, 0.2) is 23.1 Å². The van der Waals surface area contributed by atoms with E-state index >= 15 is 0 Å². The zero-order valence-electron chi connectivity index (χ0n) is 10.8. The van der Waals surface area contributed by atoms with Crippen molar-refractivity contribution in [1.29, 1.82) is 0 Å².